The predicted octanol–water partition coefficient (Wildman–Crippen LogP) is 4.14. The molecule has 7 nitrogen and oxygen atoms in total. The fraction of sp³-hybridized carbons (Fsp3) is 0.130. The molecule has 0 radical (unpaired) electrons. The highest BCUT2D eigenvalue weighted by Crippen LogP contribution is 2.26. The number of nitrogens with one attached hydrogen (secondary N) is 2. The maximum atomic E-state index is 13.6. The van der Waals surface area contributed by atoms with E-state index >= 15 is 0 Å². The molecule has 7 heteroatoms. The number of aryl methyl sites for hydroxylation is 1. The summed E-state index contributed by atoms with van der Waals surface area (Å²) in [5, 5.41) is 12.8. The molecule has 3 aromatic heterocycles. The fourth-order valence-corrected chi connectivity index (χ4v) is 3.88. The Labute approximate surface area is 172 Å². The lowest BCUT2D eigenvalue weighted by Gasteiger charge is -2.22. The average Bonchev–Trinajstić information content (AvgIpc) is 3.24. The van der Waals surface area contributed by atoms with E-state index in [2.05, 4.69) is 31.5 Å². The molecule has 0 fully saturated rings. The van der Waals surface area contributed by atoms with Crippen molar-refractivity contribution in [2.45, 2.75) is 19.9 Å². The van der Waals surface area contributed by atoms with Crippen LogP contribution in [0.4, 0.5) is 5.82 Å². The third kappa shape index (κ3) is 2.91. The molecule has 2 N–H and O–H groups in total. The Balaban J connectivity index is 1.71. The number of aromatic nitrogens is 5. The minimum absolute atomic E-state index is 0.0309. The largest absolute Gasteiger partial charge is 0.361 e. The van der Waals surface area contributed by atoms with E-state index in [0.29, 0.717) is 11.5 Å². The molecule has 0 spiro atoms. The summed E-state index contributed by atoms with van der Waals surface area (Å²) in [4.78, 5) is 22.2. The lowest BCUT2D eigenvalue weighted by Crippen LogP contribution is -2.26. The number of H-pyrrole nitrogens is 1. The highest BCUT2D eigenvalue weighted by molar-refractivity contribution is 5.87. The van der Waals surface area contributed by atoms with Crippen LogP contribution in [-0.2, 0) is 0 Å². The van der Waals surface area contributed by atoms with Gasteiger partial charge in [-0.1, -0.05) is 36.4 Å². The van der Waals surface area contributed by atoms with Crippen molar-refractivity contribution in [1.29, 1.82) is 0 Å². The van der Waals surface area contributed by atoms with E-state index in [4.69, 9.17) is 0 Å². The summed E-state index contributed by atoms with van der Waals surface area (Å²) >= 11 is 0. The molecule has 30 heavy (non-hydrogen) atoms. The third-order valence-corrected chi connectivity index (χ3v) is 5.34. The molecule has 2 aromatic carbocycles. The zero-order valence-electron chi connectivity index (χ0n) is 16.6. The SMILES string of the molecule is Cc1cccc2cc(C(C)Nc3ncnc4[nH]ncc34)n(-c3ccccc3)c(=O)c12. The molecule has 0 amide bonds. The monoisotopic (exact) mass is 396 g/mol. The maximum absolute atomic E-state index is 13.6. The Morgan fingerprint density at radius 3 is 2.73 bits per heavy atom. The summed E-state index contributed by atoms with van der Waals surface area (Å²) in [6.45, 7) is 3.99. The first kappa shape index (κ1) is 18.1. The van der Waals surface area contributed by atoms with Crippen LogP contribution in [0.5, 0.6) is 0 Å². The molecule has 0 aliphatic rings. The van der Waals surface area contributed by atoms with Crippen LogP contribution in [0.2, 0.25) is 0 Å². The molecule has 1 unspecified atom stereocenters. The van der Waals surface area contributed by atoms with Crippen molar-refractivity contribution in [3.05, 3.63) is 88.7 Å². The topological polar surface area (TPSA) is 88.5 Å². The van der Waals surface area contributed by atoms with Crippen LogP contribution >= 0.6 is 0 Å². The molecule has 0 saturated carbocycles. The molecule has 0 bridgehead atoms. The molecule has 5 aromatic rings. The van der Waals surface area contributed by atoms with E-state index < -0.39 is 0 Å². The minimum Gasteiger partial charge on any atom is -0.361 e. The molecule has 0 aliphatic heterocycles. The average molecular weight is 396 g/mol. The van der Waals surface area contributed by atoms with Crippen molar-refractivity contribution >= 4 is 27.6 Å². The van der Waals surface area contributed by atoms with Gasteiger partial charge in [0.05, 0.1) is 23.0 Å². The van der Waals surface area contributed by atoms with Crippen LogP contribution in [0, 0.1) is 6.92 Å². The standard InChI is InChI=1S/C23H20N6O/c1-14-7-6-8-16-11-19(29(23(30)20(14)16)17-9-4-3-5-10-17)15(2)27-21-18-12-26-28-22(18)25-13-24-21/h3-13,15H,1-2H3,(H2,24,25,26,27,28). The van der Waals surface area contributed by atoms with Gasteiger partial charge in [-0.05, 0) is 43.0 Å². The zero-order valence-corrected chi connectivity index (χ0v) is 16.6. The summed E-state index contributed by atoms with van der Waals surface area (Å²) in [5.74, 6) is 0.664. The Bertz CT molecular complexity index is 1420. The number of rotatable bonds is 4. The van der Waals surface area contributed by atoms with Crippen LogP contribution in [0.15, 0.2) is 71.9 Å². The molecule has 0 aliphatic carbocycles. The van der Waals surface area contributed by atoms with Crippen molar-refractivity contribution in [2.24, 2.45) is 0 Å². The molecule has 5 rings (SSSR count). The summed E-state index contributed by atoms with van der Waals surface area (Å²) in [5.41, 5.74) is 3.27. The number of aromatic amines is 1. The number of benzene rings is 2. The lowest BCUT2D eigenvalue weighted by molar-refractivity contribution is 0.774. The van der Waals surface area contributed by atoms with E-state index in [1.165, 1.54) is 6.33 Å². The maximum Gasteiger partial charge on any atom is 0.263 e. The Kier molecular flexibility index (Phi) is 4.28. The first-order chi connectivity index (χ1) is 14.6. The fourth-order valence-electron chi connectivity index (χ4n) is 3.88. The lowest BCUT2D eigenvalue weighted by atomic mass is 10.0. The van der Waals surface area contributed by atoms with Crippen molar-refractivity contribution in [2.75, 3.05) is 5.32 Å². The van der Waals surface area contributed by atoms with Crippen LogP contribution in [0.1, 0.15) is 24.2 Å². The Hall–Kier alpha value is -4.00. The first-order valence-electron chi connectivity index (χ1n) is 9.75. The van der Waals surface area contributed by atoms with Gasteiger partial charge in [-0.25, -0.2) is 9.97 Å². The van der Waals surface area contributed by atoms with Gasteiger partial charge in [0.15, 0.2) is 5.65 Å². The van der Waals surface area contributed by atoms with Crippen molar-refractivity contribution in [3.63, 3.8) is 0 Å². The molecule has 1 atom stereocenters. The van der Waals surface area contributed by atoms with Gasteiger partial charge in [0.25, 0.3) is 5.56 Å². The quantitative estimate of drug-likeness (QED) is 0.477. The number of hydrogen-bond donors (Lipinski definition) is 2. The van der Waals surface area contributed by atoms with Gasteiger partial charge < -0.3 is 5.32 Å². The van der Waals surface area contributed by atoms with Gasteiger partial charge in [0.2, 0.25) is 0 Å². The molecule has 148 valence electrons. The first-order valence-corrected chi connectivity index (χ1v) is 9.75. The van der Waals surface area contributed by atoms with Crippen molar-refractivity contribution < 1.29 is 0 Å². The van der Waals surface area contributed by atoms with Gasteiger partial charge in [0, 0.05) is 11.4 Å². The summed E-state index contributed by atoms with van der Waals surface area (Å²) in [6.07, 6.45) is 3.18. The van der Waals surface area contributed by atoms with E-state index in [1.54, 1.807) is 10.8 Å². The number of fused-ring (bicyclic) bond motifs is 2. The number of para-hydroxylation sites is 1. The predicted molar refractivity (Wildman–Crippen MR) is 118 cm³/mol. The van der Waals surface area contributed by atoms with Gasteiger partial charge in [-0.3, -0.25) is 14.5 Å². The van der Waals surface area contributed by atoms with Gasteiger partial charge in [0.1, 0.15) is 12.1 Å². The second-order valence-corrected chi connectivity index (χ2v) is 7.31. The van der Waals surface area contributed by atoms with Gasteiger partial charge >= 0.3 is 0 Å². The summed E-state index contributed by atoms with van der Waals surface area (Å²) in [6, 6.07) is 17.5. The Morgan fingerprint density at radius 2 is 1.90 bits per heavy atom. The third-order valence-electron chi connectivity index (χ3n) is 5.34. The normalized spacial score (nSPS) is 12.3. The van der Waals surface area contributed by atoms with Crippen molar-refractivity contribution in [1.82, 2.24) is 24.7 Å². The second-order valence-electron chi connectivity index (χ2n) is 7.31. The van der Waals surface area contributed by atoms with Crippen molar-refractivity contribution in [3.8, 4) is 5.69 Å². The number of anilines is 1. The summed E-state index contributed by atoms with van der Waals surface area (Å²) in [7, 11) is 0. The Morgan fingerprint density at radius 1 is 1.07 bits per heavy atom. The van der Waals surface area contributed by atoms with E-state index in [9.17, 15) is 4.79 Å². The zero-order chi connectivity index (χ0) is 20.7. The highest BCUT2D eigenvalue weighted by atomic mass is 16.1. The van der Waals surface area contributed by atoms with Crippen LogP contribution in [-0.4, -0.2) is 24.7 Å². The van der Waals surface area contributed by atoms with E-state index in [1.807, 2.05) is 62.4 Å². The molecule has 3 heterocycles. The number of hydrogen-bond acceptors (Lipinski definition) is 5. The van der Waals surface area contributed by atoms with Gasteiger partial charge in [-0.2, -0.15) is 5.10 Å². The number of pyridine rings is 1. The summed E-state index contributed by atoms with van der Waals surface area (Å²) < 4.78 is 1.78. The minimum atomic E-state index is -0.198. The number of nitrogens with zero attached hydrogens (tertiary/aromatic N) is 4. The van der Waals surface area contributed by atoms with Crippen LogP contribution in [0.25, 0.3) is 27.5 Å². The molecule has 0 saturated heterocycles. The van der Waals surface area contributed by atoms with Crippen LogP contribution in [0.3, 0.4) is 0 Å². The highest BCUT2D eigenvalue weighted by Gasteiger charge is 2.18. The van der Waals surface area contributed by atoms with Crippen LogP contribution < -0.4 is 10.9 Å². The van der Waals surface area contributed by atoms with E-state index in [-0.39, 0.29) is 11.6 Å². The molecular weight excluding hydrogens is 376 g/mol. The van der Waals surface area contributed by atoms with E-state index in [0.717, 1.165) is 33.1 Å². The van der Waals surface area contributed by atoms with Gasteiger partial charge in [-0.15, -0.1) is 0 Å². The molecular formula is C23H20N6O. The second kappa shape index (κ2) is 7.11. The smallest absolute Gasteiger partial charge is 0.263 e.